The molecule has 0 spiro atoms. The van der Waals surface area contributed by atoms with Gasteiger partial charge in [0.05, 0.1) is 6.61 Å². The SMILES string of the molecule is CCC(C)c1ccc(OCCCCCCNC2CC2)cc1. The van der Waals surface area contributed by atoms with E-state index in [1.807, 2.05) is 0 Å². The Morgan fingerprint density at radius 2 is 1.81 bits per heavy atom. The minimum atomic E-state index is 0.642. The Morgan fingerprint density at radius 1 is 1.10 bits per heavy atom. The Hall–Kier alpha value is -1.02. The highest BCUT2D eigenvalue weighted by atomic mass is 16.5. The predicted molar refractivity (Wildman–Crippen MR) is 90.1 cm³/mol. The van der Waals surface area contributed by atoms with E-state index in [1.165, 1.54) is 50.6 Å². The minimum absolute atomic E-state index is 0.642. The normalized spacial score (nSPS) is 15.9. The second kappa shape index (κ2) is 9.09. The summed E-state index contributed by atoms with van der Waals surface area (Å²) in [6.07, 6.45) is 9.03. The van der Waals surface area contributed by atoms with Gasteiger partial charge in [0, 0.05) is 6.04 Å². The second-order valence-corrected chi connectivity index (χ2v) is 6.37. The van der Waals surface area contributed by atoms with E-state index in [0.29, 0.717) is 5.92 Å². The van der Waals surface area contributed by atoms with Crippen LogP contribution in [0.25, 0.3) is 0 Å². The maximum absolute atomic E-state index is 5.81. The van der Waals surface area contributed by atoms with E-state index in [-0.39, 0.29) is 0 Å². The molecule has 0 saturated heterocycles. The number of rotatable bonds is 11. The van der Waals surface area contributed by atoms with Crippen molar-refractivity contribution in [2.24, 2.45) is 0 Å². The fraction of sp³-hybridized carbons (Fsp3) is 0.684. The molecule has 1 fully saturated rings. The lowest BCUT2D eigenvalue weighted by Crippen LogP contribution is -2.17. The average molecular weight is 289 g/mol. The summed E-state index contributed by atoms with van der Waals surface area (Å²) in [4.78, 5) is 0. The number of benzene rings is 1. The van der Waals surface area contributed by atoms with Crippen LogP contribution in [-0.4, -0.2) is 19.2 Å². The molecule has 1 aromatic rings. The molecule has 1 aliphatic rings. The Morgan fingerprint density at radius 3 is 2.48 bits per heavy atom. The lowest BCUT2D eigenvalue weighted by Gasteiger charge is -2.10. The molecular formula is C19H31NO. The molecule has 0 radical (unpaired) electrons. The summed E-state index contributed by atoms with van der Waals surface area (Å²) in [5, 5.41) is 3.56. The fourth-order valence-corrected chi connectivity index (χ4v) is 2.49. The molecule has 2 nitrogen and oxygen atoms in total. The van der Waals surface area contributed by atoms with Gasteiger partial charge in [-0.25, -0.2) is 0 Å². The summed E-state index contributed by atoms with van der Waals surface area (Å²) in [6, 6.07) is 9.48. The highest BCUT2D eigenvalue weighted by Gasteiger charge is 2.19. The largest absolute Gasteiger partial charge is 0.494 e. The van der Waals surface area contributed by atoms with Crippen LogP contribution in [0, 0.1) is 0 Å². The van der Waals surface area contributed by atoms with E-state index in [4.69, 9.17) is 4.74 Å². The van der Waals surface area contributed by atoms with E-state index in [9.17, 15) is 0 Å². The highest BCUT2D eigenvalue weighted by Crippen LogP contribution is 2.21. The molecule has 0 aromatic heterocycles. The molecule has 1 unspecified atom stereocenters. The van der Waals surface area contributed by atoms with Crippen LogP contribution < -0.4 is 10.1 Å². The first-order chi connectivity index (χ1) is 10.3. The first-order valence-corrected chi connectivity index (χ1v) is 8.75. The van der Waals surface area contributed by atoms with Crippen LogP contribution in [0.5, 0.6) is 5.75 Å². The number of hydrogen-bond donors (Lipinski definition) is 1. The average Bonchev–Trinajstić information content (AvgIpc) is 3.34. The van der Waals surface area contributed by atoms with Crippen LogP contribution in [0.1, 0.15) is 70.3 Å². The standard InChI is InChI=1S/C19H31NO/c1-3-16(2)17-8-12-19(13-9-17)21-15-7-5-4-6-14-20-18-10-11-18/h8-9,12-13,16,18,20H,3-7,10-11,14-15H2,1-2H3. The van der Waals surface area contributed by atoms with Gasteiger partial charge in [-0.15, -0.1) is 0 Å². The molecule has 21 heavy (non-hydrogen) atoms. The van der Waals surface area contributed by atoms with Crippen molar-refractivity contribution in [3.63, 3.8) is 0 Å². The lowest BCUT2D eigenvalue weighted by atomic mass is 9.99. The molecular weight excluding hydrogens is 258 g/mol. The quantitative estimate of drug-likeness (QED) is 0.586. The summed E-state index contributed by atoms with van der Waals surface area (Å²) in [5.74, 6) is 1.65. The van der Waals surface area contributed by atoms with Crippen molar-refractivity contribution in [1.82, 2.24) is 5.32 Å². The topological polar surface area (TPSA) is 21.3 Å². The van der Waals surface area contributed by atoms with E-state index in [0.717, 1.165) is 24.8 Å². The van der Waals surface area contributed by atoms with E-state index in [1.54, 1.807) is 0 Å². The van der Waals surface area contributed by atoms with Gasteiger partial charge < -0.3 is 10.1 Å². The molecule has 1 saturated carbocycles. The monoisotopic (exact) mass is 289 g/mol. The number of hydrogen-bond acceptors (Lipinski definition) is 2. The zero-order valence-corrected chi connectivity index (χ0v) is 13.7. The van der Waals surface area contributed by atoms with E-state index in [2.05, 4.69) is 43.4 Å². The maximum Gasteiger partial charge on any atom is 0.119 e. The van der Waals surface area contributed by atoms with Gasteiger partial charge in [-0.05, 0) is 62.3 Å². The zero-order chi connectivity index (χ0) is 14.9. The number of unbranched alkanes of at least 4 members (excludes halogenated alkanes) is 3. The molecule has 1 N–H and O–H groups in total. The Balaban J connectivity index is 1.49. The van der Waals surface area contributed by atoms with Gasteiger partial charge in [0.15, 0.2) is 0 Å². The summed E-state index contributed by atoms with van der Waals surface area (Å²) in [6.45, 7) is 6.55. The Labute approximate surface area is 130 Å². The third-order valence-electron chi connectivity index (χ3n) is 4.41. The second-order valence-electron chi connectivity index (χ2n) is 6.37. The van der Waals surface area contributed by atoms with Gasteiger partial charge >= 0.3 is 0 Å². The van der Waals surface area contributed by atoms with Crippen LogP contribution in [0.15, 0.2) is 24.3 Å². The van der Waals surface area contributed by atoms with Gasteiger partial charge in [-0.1, -0.05) is 38.8 Å². The molecule has 2 rings (SSSR count). The Kier molecular flexibility index (Phi) is 7.08. The first kappa shape index (κ1) is 16.4. The molecule has 1 aromatic carbocycles. The zero-order valence-electron chi connectivity index (χ0n) is 13.7. The van der Waals surface area contributed by atoms with Gasteiger partial charge in [0.2, 0.25) is 0 Å². The highest BCUT2D eigenvalue weighted by molar-refractivity contribution is 5.29. The van der Waals surface area contributed by atoms with Gasteiger partial charge in [-0.2, -0.15) is 0 Å². The predicted octanol–water partition coefficient (Wildman–Crippen LogP) is 4.89. The van der Waals surface area contributed by atoms with Gasteiger partial charge in [0.25, 0.3) is 0 Å². The fourth-order valence-electron chi connectivity index (χ4n) is 2.49. The van der Waals surface area contributed by atoms with Crippen LogP contribution in [0.2, 0.25) is 0 Å². The van der Waals surface area contributed by atoms with Crippen molar-refractivity contribution in [3.8, 4) is 5.75 Å². The molecule has 0 aliphatic heterocycles. The molecule has 1 aliphatic carbocycles. The molecule has 0 heterocycles. The van der Waals surface area contributed by atoms with Crippen molar-refractivity contribution in [2.75, 3.05) is 13.2 Å². The van der Waals surface area contributed by atoms with Crippen LogP contribution >= 0.6 is 0 Å². The third-order valence-corrected chi connectivity index (χ3v) is 4.41. The summed E-state index contributed by atoms with van der Waals surface area (Å²) in [7, 11) is 0. The van der Waals surface area contributed by atoms with Crippen molar-refractivity contribution in [1.29, 1.82) is 0 Å². The number of ether oxygens (including phenoxy) is 1. The third kappa shape index (κ3) is 6.52. The summed E-state index contributed by atoms with van der Waals surface area (Å²) in [5.41, 5.74) is 1.41. The van der Waals surface area contributed by atoms with Gasteiger partial charge in [0.1, 0.15) is 5.75 Å². The van der Waals surface area contributed by atoms with Crippen molar-refractivity contribution >= 4 is 0 Å². The molecule has 118 valence electrons. The smallest absolute Gasteiger partial charge is 0.119 e. The summed E-state index contributed by atoms with van der Waals surface area (Å²) < 4.78 is 5.81. The molecule has 2 heteroatoms. The minimum Gasteiger partial charge on any atom is -0.494 e. The molecule has 0 bridgehead atoms. The van der Waals surface area contributed by atoms with Crippen LogP contribution in [-0.2, 0) is 0 Å². The van der Waals surface area contributed by atoms with E-state index >= 15 is 0 Å². The summed E-state index contributed by atoms with van der Waals surface area (Å²) >= 11 is 0. The van der Waals surface area contributed by atoms with Gasteiger partial charge in [-0.3, -0.25) is 0 Å². The van der Waals surface area contributed by atoms with Crippen molar-refractivity contribution in [3.05, 3.63) is 29.8 Å². The van der Waals surface area contributed by atoms with Crippen LogP contribution in [0.4, 0.5) is 0 Å². The van der Waals surface area contributed by atoms with Crippen LogP contribution in [0.3, 0.4) is 0 Å². The van der Waals surface area contributed by atoms with E-state index < -0.39 is 0 Å². The van der Waals surface area contributed by atoms with Crippen molar-refractivity contribution in [2.45, 2.75) is 70.8 Å². The molecule has 1 atom stereocenters. The first-order valence-electron chi connectivity index (χ1n) is 8.75. The Bertz CT molecular complexity index is 383. The maximum atomic E-state index is 5.81. The molecule has 0 amide bonds. The van der Waals surface area contributed by atoms with Crippen molar-refractivity contribution < 1.29 is 4.74 Å². The lowest BCUT2D eigenvalue weighted by molar-refractivity contribution is 0.304. The number of nitrogens with one attached hydrogen (secondary N) is 1.